The van der Waals surface area contributed by atoms with Crippen LogP contribution in [0.4, 0.5) is 0 Å². The minimum atomic E-state index is -0.443. The van der Waals surface area contributed by atoms with Crippen molar-refractivity contribution in [3.8, 4) is 0 Å². The lowest BCUT2D eigenvalue weighted by Crippen LogP contribution is -2.41. The van der Waals surface area contributed by atoms with Gasteiger partial charge in [0.15, 0.2) is 5.01 Å². The molecule has 1 atom stereocenters. The minimum Gasteiger partial charge on any atom is -0.348 e. The number of halogens is 2. The summed E-state index contributed by atoms with van der Waals surface area (Å²) >= 11 is 13.2. The Labute approximate surface area is 167 Å². The van der Waals surface area contributed by atoms with E-state index in [1.165, 1.54) is 11.3 Å². The number of nitrogens with one attached hydrogen (secondary N) is 2. The summed E-state index contributed by atoms with van der Waals surface area (Å²) in [6, 6.07) is 5.00. The zero-order valence-electron chi connectivity index (χ0n) is 13.7. The number of hydrogen-bond acceptors (Lipinski definition) is 5. The Morgan fingerprint density at radius 2 is 2.19 bits per heavy atom. The topological polar surface area (TPSA) is 90.6 Å². The summed E-state index contributed by atoms with van der Waals surface area (Å²) in [6.07, 6.45) is 2.33. The number of carbonyl (C=O) groups is 1. The van der Waals surface area contributed by atoms with Gasteiger partial charge in [0.05, 0.1) is 23.1 Å². The van der Waals surface area contributed by atoms with Gasteiger partial charge in [-0.1, -0.05) is 23.2 Å². The summed E-state index contributed by atoms with van der Waals surface area (Å²) < 4.78 is 0. The van der Waals surface area contributed by atoms with Crippen LogP contribution in [-0.2, 0) is 6.42 Å². The lowest BCUT2D eigenvalue weighted by atomic mass is 10.0. The van der Waals surface area contributed by atoms with E-state index in [-0.39, 0.29) is 5.91 Å². The van der Waals surface area contributed by atoms with Gasteiger partial charge in [0.25, 0.3) is 5.91 Å². The molecule has 0 fully saturated rings. The number of fused-ring (bicyclic) bond motifs is 2. The molecule has 27 heavy (non-hydrogen) atoms. The fourth-order valence-electron chi connectivity index (χ4n) is 3.38. The summed E-state index contributed by atoms with van der Waals surface area (Å²) in [7, 11) is 0. The number of carbonyl (C=O) groups excluding carboxylic acids is 1. The number of hydrogen-bond donors (Lipinski definition) is 2. The first-order valence-electron chi connectivity index (χ1n) is 8.19. The number of amides is 1. The standard InChI is InChI=1S/C17H12Cl2N6OS/c18-8-1-2-9-11(5-8)23-15(22-9)14-13-10(20-7-21-13)3-4-25(14)17(26)16-24-12(19)6-27-16/h1-2,5-7,14H,3-4H2,(H,20,21)(H,22,23)/t14-/m0/s1. The van der Waals surface area contributed by atoms with Crippen LogP contribution in [0.15, 0.2) is 29.9 Å². The van der Waals surface area contributed by atoms with Crippen molar-refractivity contribution in [2.24, 2.45) is 0 Å². The Balaban J connectivity index is 1.63. The molecule has 7 nitrogen and oxygen atoms in total. The van der Waals surface area contributed by atoms with Crippen LogP contribution in [-0.4, -0.2) is 42.3 Å². The van der Waals surface area contributed by atoms with Crippen molar-refractivity contribution in [3.05, 3.63) is 62.3 Å². The van der Waals surface area contributed by atoms with E-state index in [4.69, 9.17) is 23.2 Å². The van der Waals surface area contributed by atoms with E-state index >= 15 is 0 Å². The molecule has 1 aliphatic heterocycles. The second-order valence-corrected chi connectivity index (χ2v) is 7.86. The van der Waals surface area contributed by atoms with Crippen molar-refractivity contribution in [1.29, 1.82) is 0 Å². The predicted molar refractivity (Wildman–Crippen MR) is 103 cm³/mol. The fraction of sp³-hybridized carbons (Fsp3) is 0.176. The van der Waals surface area contributed by atoms with Crippen molar-refractivity contribution >= 4 is 51.5 Å². The normalized spacial score (nSPS) is 16.7. The molecule has 0 spiro atoms. The van der Waals surface area contributed by atoms with E-state index in [0.29, 0.717) is 34.0 Å². The number of aromatic nitrogens is 5. The zero-order valence-corrected chi connectivity index (χ0v) is 16.1. The molecule has 0 bridgehead atoms. The molecule has 1 amide bonds. The molecule has 0 saturated carbocycles. The quantitative estimate of drug-likeness (QED) is 0.517. The van der Waals surface area contributed by atoms with Crippen molar-refractivity contribution in [3.63, 3.8) is 0 Å². The van der Waals surface area contributed by atoms with E-state index in [1.54, 1.807) is 22.7 Å². The van der Waals surface area contributed by atoms with Crippen LogP contribution in [0.25, 0.3) is 11.0 Å². The minimum absolute atomic E-state index is 0.191. The summed E-state index contributed by atoms with van der Waals surface area (Å²) in [5, 5.41) is 2.93. The highest BCUT2D eigenvalue weighted by Gasteiger charge is 2.37. The second kappa shape index (κ2) is 6.33. The maximum absolute atomic E-state index is 13.1. The van der Waals surface area contributed by atoms with Gasteiger partial charge >= 0.3 is 0 Å². The summed E-state index contributed by atoms with van der Waals surface area (Å²) in [5.41, 5.74) is 3.37. The average molecular weight is 419 g/mol. The number of thiazole rings is 1. The monoisotopic (exact) mass is 418 g/mol. The second-order valence-electron chi connectivity index (χ2n) is 6.18. The zero-order chi connectivity index (χ0) is 18.5. The van der Waals surface area contributed by atoms with Crippen LogP contribution in [0, 0.1) is 0 Å². The van der Waals surface area contributed by atoms with Crippen LogP contribution in [0.5, 0.6) is 0 Å². The third kappa shape index (κ3) is 2.80. The maximum atomic E-state index is 13.1. The van der Waals surface area contributed by atoms with Gasteiger partial charge in [-0.15, -0.1) is 11.3 Å². The molecule has 5 rings (SSSR count). The summed E-state index contributed by atoms with van der Waals surface area (Å²) in [5.74, 6) is 0.445. The third-order valence-electron chi connectivity index (χ3n) is 4.57. The summed E-state index contributed by atoms with van der Waals surface area (Å²) in [6.45, 7) is 0.522. The molecule has 4 aromatic rings. The van der Waals surface area contributed by atoms with Gasteiger partial charge in [-0.2, -0.15) is 0 Å². The molecule has 0 radical (unpaired) electrons. The molecule has 0 unspecified atom stereocenters. The number of aromatic amines is 2. The molecule has 10 heteroatoms. The van der Waals surface area contributed by atoms with Crippen LogP contribution >= 0.6 is 34.5 Å². The third-order valence-corrected chi connectivity index (χ3v) is 5.95. The van der Waals surface area contributed by atoms with Gasteiger partial charge < -0.3 is 14.9 Å². The van der Waals surface area contributed by atoms with Crippen molar-refractivity contribution < 1.29 is 4.79 Å². The van der Waals surface area contributed by atoms with Crippen LogP contribution < -0.4 is 0 Å². The highest BCUT2D eigenvalue weighted by Crippen LogP contribution is 2.34. The smallest absolute Gasteiger partial charge is 0.283 e. The largest absolute Gasteiger partial charge is 0.348 e. The van der Waals surface area contributed by atoms with E-state index in [0.717, 1.165) is 22.4 Å². The Morgan fingerprint density at radius 1 is 1.30 bits per heavy atom. The number of H-pyrrole nitrogens is 2. The van der Waals surface area contributed by atoms with Gasteiger partial charge in [-0.25, -0.2) is 15.0 Å². The average Bonchev–Trinajstić information content (AvgIpc) is 3.38. The Kier molecular flexibility index (Phi) is 3.92. The molecule has 0 saturated heterocycles. The van der Waals surface area contributed by atoms with Crippen molar-refractivity contribution in [2.75, 3.05) is 6.54 Å². The molecule has 2 N–H and O–H groups in total. The first-order valence-corrected chi connectivity index (χ1v) is 9.83. The van der Waals surface area contributed by atoms with Crippen molar-refractivity contribution in [2.45, 2.75) is 12.5 Å². The van der Waals surface area contributed by atoms with Crippen molar-refractivity contribution in [1.82, 2.24) is 29.8 Å². The lowest BCUT2D eigenvalue weighted by molar-refractivity contribution is 0.0684. The predicted octanol–water partition coefficient (Wildman–Crippen LogP) is 3.84. The molecular formula is C17H12Cl2N6OS. The highest BCUT2D eigenvalue weighted by atomic mass is 35.5. The molecule has 136 valence electrons. The Hall–Kier alpha value is -2.42. The fourth-order valence-corrected chi connectivity index (χ4v) is 4.45. The molecule has 1 aliphatic rings. The molecule has 4 heterocycles. The lowest BCUT2D eigenvalue weighted by Gasteiger charge is -2.33. The first kappa shape index (κ1) is 16.7. The summed E-state index contributed by atoms with van der Waals surface area (Å²) in [4.78, 5) is 34.6. The van der Waals surface area contributed by atoms with Crippen LogP contribution in [0.2, 0.25) is 10.2 Å². The van der Waals surface area contributed by atoms with E-state index in [1.807, 2.05) is 12.1 Å². The maximum Gasteiger partial charge on any atom is 0.283 e. The van der Waals surface area contributed by atoms with E-state index in [2.05, 4.69) is 24.9 Å². The number of nitrogens with zero attached hydrogens (tertiary/aromatic N) is 4. The molecular weight excluding hydrogens is 407 g/mol. The van der Waals surface area contributed by atoms with Gasteiger partial charge in [-0.05, 0) is 18.2 Å². The SMILES string of the molecule is O=C(c1nc(Cl)cs1)N1CCc2[nH]cnc2[C@H]1c1nc2ccc(Cl)cc2[nH]1. The number of benzene rings is 1. The van der Waals surface area contributed by atoms with Gasteiger partial charge in [0, 0.05) is 29.1 Å². The number of rotatable bonds is 2. The van der Waals surface area contributed by atoms with E-state index in [9.17, 15) is 4.79 Å². The van der Waals surface area contributed by atoms with Crippen LogP contribution in [0.1, 0.15) is 33.1 Å². The Morgan fingerprint density at radius 3 is 3.00 bits per heavy atom. The van der Waals surface area contributed by atoms with Crippen LogP contribution in [0.3, 0.4) is 0 Å². The molecule has 3 aromatic heterocycles. The van der Waals surface area contributed by atoms with Gasteiger partial charge in [0.1, 0.15) is 17.0 Å². The molecule has 0 aliphatic carbocycles. The molecule has 1 aromatic carbocycles. The van der Waals surface area contributed by atoms with E-state index < -0.39 is 6.04 Å². The number of imidazole rings is 2. The Bertz CT molecular complexity index is 1170. The highest BCUT2D eigenvalue weighted by molar-refractivity contribution is 7.12. The van der Waals surface area contributed by atoms with Gasteiger partial charge in [-0.3, -0.25) is 4.79 Å². The first-order chi connectivity index (χ1) is 13.1. The van der Waals surface area contributed by atoms with Gasteiger partial charge in [0.2, 0.25) is 0 Å².